The molecule has 126 valence electrons. The van der Waals surface area contributed by atoms with Crippen molar-refractivity contribution >= 4 is 12.0 Å². The van der Waals surface area contributed by atoms with Crippen molar-refractivity contribution < 1.29 is 14.3 Å². The summed E-state index contributed by atoms with van der Waals surface area (Å²) in [7, 11) is 0. The Balaban J connectivity index is 1.95. The fourth-order valence-electron chi connectivity index (χ4n) is 2.92. The molecule has 1 unspecified atom stereocenters. The standard InChI is InChI=1S/C16H29N3O3/c1-11(17)14(20)18-9-7-13(8-10-18)19(12-5-6-12)15(21)22-16(2,3)4/h11-13H,5-10,17H2,1-4H3. The second kappa shape index (κ2) is 6.44. The Morgan fingerprint density at radius 3 is 2.05 bits per heavy atom. The molecule has 2 N–H and O–H groups in total. The maximum Gasteiger partial charge on any atom is 0.410 e. The molecule has 0 aromatic heterocycles. The number of piperidine rings is 1. The summed E-state index contributed by atoms with van der Waals surface area (Å²) in [5, 5.41) is 0. The van der Waals surface area contributed by atoms with Crippen molar-refractivity contribution in [1.29, 1.82) is 0 Å². The lowest BCUT2D eigenvalue weighted by atomic mass is 10.0. The van der Waals surface area contributed by atoms with E-state index in [1.54, 1.807) is 11.8 Å². The maximum absolute atomic E-state index is 12.5. The molecule has 1 saturated heterocycles. The molecule has 1 atom stereocenters. The van der Waals surface area contributed by atoms with Gasteiger partial charge in [-0.05, 0) is 53.4 Å². The average Bonchev–Trinajstić information content (AvgIpc) is 3.21. The minimum Gasteiger partial charge on any atom is -0.444 e. The van der Waals surface area contributed by atoms with E-state index < -0.39 is 11.6 Å². The molecule has 6 heteroatoms. The molecular weight excluding hydrogens is 282 g/mol. The fourth-order valence-corrected chi connectivity index (χ4v) is 2.92. The first-order valence-electron chi connectivity index (χ1n) is 8.24. The molecule has 1 aliphatic carbocycles. The first kappa shape index (κ1) is 17.1. The summed E-state index contributed by atoms with van der Waals surface area (Å²) in [4.78, 5) is 28.1. The molecule has 6 nitrogen and oxygen atoms in total. The summed E-state index contributed by atoms with van der Waals surface area (Å²) < 4.78 is 5.55. The number of carbonyl (C=O) groups is 2. The van der Waals surface area contributed by atoms with Gasteiger partial charge in [0.15, 0.2) is 0 Å². The number of hydrogen-bond acceptors (Lipinski definition) is 4. The Kier molecular flexibility index (Phi) is 5.00. The van der Waals surface area contributed by atoms with Gasteiger partial charge in [0.2, 0.25) is 5.91 Å². The predicted molar refractivity (Wildman–Crippen MR) is 84.3 cm³/mol. The van der Waals surface area contributed by atoms with Crippen molar-refractivity contribution in [3.05, 3.63) is 0 Å². The minimum absolute atomic E-state index is 0.00584. The van der Waals surface area contributed by atoms with Crippen LogP contribution in [0.5, 0.6) is 0 Å². The number of nitrogens with zero attached hydrogens (tertiary/aromatic N) is 2. The van der Waals surface area contributed by atoms with Crippen LogP contribution in [0.3, 0.4) is 0 Å². The molecular formula is C16H29N3O3. The van der Waals surface area contributed by atoms with Gasteiger partial charge in [-0.3, -0.25) is 4.79 Å². The van der Waals surface area contributed by atoms with E-state index in [-0.39, 0.29) is 18.0 Å². The van der Waals surface area contributed by atoms with Gasteiger partial charge in [0.1, 0.15) is 5.60 Å². The monoisotopic (exact) mass is 311 g/mol. The Bertz CT molecular complexity index is 419. The molecule has 1 saturated carbocycles. The van der Waals surface area contributed by atoms with Crippen LogP contribution in [0.2, 0.25) is 0 Å². The third-order valence-electron chi connectivity index (χ3n) is 4.10. The number of hydrogen-bond donors (Lipinski definition) is 1. The van der Waals surface area contributed by atoms with Crippen LogP contribution in [0.4, 0.5) is 4.79 Å². The Morgan fingerprint density at radius 1 is 1.14 bits per heavy atom. The first-order valence-corrected chi connectivity index (χ1v) is 8.24. The highest BCUT2D eigenvalue weighted by Gasteiger charge is 2.41. The average molecular weight is 311 g/mol. The molecule has 2 aliphatic rings. The van der Waals surface area contributed by atoms with Gasteiger partial charge in [0, 0.05) is 25.2 Å². The van der Waals surface area contributed by atoms with Crippen LogP contribution in [-0.2, 0) is 9.53 Å². The van der Waals surface area contributed by atoms with Crippen LogP contribution in [-0.4, -0.2) is 58.6 Å². The third-order valence-corrected chi connectivity index (χ3v) is 4.10. The minimum atomic E-state index is -0.476. The Labute approximate surface area is 132 Å². The van der Waals surface area contributed by atoms with E-state index in [1.165, 1.54) is 0 Å². The highest BCUT2D eigenvalue weighted by atomic mass is 16.6. The van der Waals surface area contributed by atoms with Crippen molar-refractivity contribution in [1.82, 2.24) is 9.80 Å². The van der Waals surface area contributed by atoms with Crippen LogP contribution < -0.4 is 5.73 Å². The quantitative estimate of drug-likeness (QED) is 0.861. The number of likely N-dealkylation sites (tertiary alicyclic amines) is 1. The number of amides is 2. The van der Waals surface area contributed by atoms with E-state index in [2.05, 4.69) is 0 Å². The smallest absolute Gasteiger partial charge is 0.410 e. The van der Waals surface area contributed by atoms with E-state index >= 15 is 0 Å². The summed E-state index contributed by atoms with van der Waals surface area (Å²) in [6.07, 6.45) is 3.49. The Morgan fingerprint density at radius 2 is 1.64 bits per heavy atom. The lowest BCUT2D eigenvalue weighted by Gasteiger charge is -2.39. The Hall–Kier alpha value is -1.30. The zero-order valence-electron chi connectivity index (χ0n) is 14.2. The van der Waals surface area contributed by atoms with Crippen molar-refractivity contribution in [2.45, 2.75) is 77.1 Å². The summed E-state index contributed by atoms with van der Waals surface area (Å²) in [6, 6.07) is 0.0250. The lowest BCUT2D eigenvalue weighted by Crippen LogP contribution is -2.52. The van der Waals surface area contributed by atoms with E-state index in [0.29, 0.717) is 19.1 Å². The van der Waals surface area contributed by atoms with Crippen LogP contribution in [0.25, 0.3) is 0 Å². The van der Waals surface area contributed by atoms with Crippen LogP contribution in [0.15, 0.2) is 0 Å². The first-order chi connectivity index (χ1) is 10.2. The second-order valence-electron chi connectivity index (χ2n) is 7.46. The fraction of sp³-hybridized carbons (Fsp3) is 0.875. The summed E-state index contributed by atoms with van der Waals surface area (Å²) in [6.45, 7) is 8.71. The molecule has 0 aromatic rings. The molecule has 1 heterocycles. The van der Waals surface area contributed by atoms with Crippen molar-refractivity contribution in [2.75, 3.05) is 13.1 Å². The molecule has 2 amide bonds. The molecule has 0 bridgehead atoms. The molecule has 1 aliphatic heterocycles. The number of rotatable bonds is 3. The van der Waals surface area contributed by atoms with Crippen LogP contribution >= 0.6 is 0 Å². The predicted octanol–water partition coefficient (Wildman–Crippen LogP) is 1.72. The highest BCUT2D eigenvalue weighted by Crippen LogP contribution is 2.33. The number of carbonyl (C=O) groups excluding carboxylic acids is 2. The normalized spacial score (nSPS) is 21.4. The van der Waals surface area contributed by atoms with E-state index in [0.717, 1.165) is 25.7 Å². The largest absolute Gasteiger partial charge is 0.444 e. The van der Waals surface area contributed by atoms with E-state index in [4.69, 9.17) is 10.5 Å². The van der Waals surface area contributed by atoms with Crippen molar-refractivity contribution in [2.24, 2.45) is 5.73 Å². The molecule has 22 heavy (non-hydrogen) atoms. The van der Waals surface area contributed by atoms with Crippen LogP contribution in [0.1, 0.15) is 53.4 Å². The van der Waals surface area contributed by atoms with Gasteiger partial charge in [0.25, 0.3) is 0 Å². The molecule has 2 fully saturated rings. The molecule has 0 radical (unpaired) electrons. The van der Waals surface area contributed by atoms with Crippen LogP contribution in [0, 0.1) is 0 Å². The third kappa shape index (κ3) is 4.35. The van der Waals surface area contributed by atoms with E-state index in [9.17, 15) is 9.59 Å². The van der Waals surface area contributed by atoms with Gasteiger partial charge >= 0.3 is 6.09 Å². The lowest BCUT2D eigenvalue weighted by molar-refractivity contribution is -0.133. The van der Waals surface area contributed by atoms with Gasteiger partial charge in [-0.2, -0.15) is 0 Å². The number of ether oxygens (including phenoxy) is 1. The number of nitrogens with two attached hydrogens (primary N) is 1. The summed E-state index contributed by atoms with van der Waals surface area (Å²) >= 11 is 0. The highest BCUT2D eigenvalue weighted by molar-refractivity contribution is 5.81. The zero-order chi connectivity index (χ0) is 16.5. The van der Waals surface area contributed by atoms with Crippen molar-refractivity contribution in [3.63, 3.8) is 0 Å². The van der Waals surface area contributed by atoms with Gasteiger partial charge < -0.3 is 20.3 Å². The molecule has 0 aromatic carbocycles. The maximum atomic E-state index is 12.5. The summed E-state index contributed by atoms with van der Waals surface area (Å²) in [5.41, 5.74) is 5.19. The van der Waals surface area contributed by atoms with Crippen molar-refractivity contribution in [3.8, 4) is 0 Å². The summed E-state index contributed by atoms with van der Waals surface area (Å²) in [5.74, 6) is -0.00584. The zero-order valence-corrected chi connectivity index (χ0v) is 14.2. The molecule has 0 spiro atoms. The topological polar surface area (TPSA) is 75.9 Å². The van der Waals surface area contributed by atoms with Gasteiger partial charge in [-0.15, -0.1) is 0 Å². The SMILES string of the molecule is CC(N)C(=O)N1CCC(N(C(=O)OC(C)(C)C)C2CC2)CC1. The van der Waals surface area contributed by atoms with Gasteiger partial charge in [-0.1, -0.05) is 0 Å². The van der Waals surface area contributed by atoms with Gasteiger partial charge in [-0.25, -0.2) is 4.79 Å². The van der Waals surface area contributed by atoms with E-state index in [1.807, 2.05) is 25.7 Å². The van der Waals surface area contributed by atoms with Gasteiger partial charge in [0.05, 0.1) is 6.04 Å². The molecule has 2 rings (SSSR count). The second-order valence-corrected chi connectivity index (χ2v) is 7.46.